The van der Waals surface area contributed by atoms with Gasteiger partial charge in [-0.25, -0.2) is 4.98 Å². The molecule has 146 valence electrons. The van der Waals surface area contributed by atoms with Crippen molar-refractivity contribution in [2.24, 2.45) is 0 Å². The number of thiazole rings is 1. The van der Waals surface area contributed by atoms with Gasteiger partial charge in [0.05, 0.1) is 24.9 Å². The number of carbonyl (C=O) groups is 2. The molecule has 2 rings (SSSR count). The van der Waals surface area contributed by atoms with E-state index >= 15 is 0 Å². The highest BCUT2D eigenvalue weighted by Gasteiger charge is 2.18. The number of ether oxygens (including phenoxy) is 2. The molecular formula is C19H24N2O5S. The molecule has 1 heterocycles. The van der Waals surface area contributed by atoms with E-state index in [2.05, 4.69) is 4.98 Å². The van der Waals surface area contributed by atoms with Crippen molar-refractivity contribution in [1.82, 2.24) is 9.88 Å². The normalized spacial score (nSPS) is 10.5. The summed E-state index contributed by atoms with van der Waals surface area (Å²) in [6, 6.07) is 5.26. The molecule has 7 nitrogen and oxygen atoms in total. The van der Waals surface area contributed by atoms with Crippen LogP contribution in [-0.4, -0.2) is 47.6 Å². The number of amides is 1. The Kier molecular flexibility index (Phi) is 7.60. The van der Waals surface area contributed by atoms with Gasteiger partial charge in [0.15, 0.2) is 0 Å². The van der Waals surface area contributed by atoms with Crippen LogP contribution in [0.25, 0.3) is 0 Å². The van der Waals surface area contributed by atoms with E-state index in [1.807, 2.05) is 12.3 Å². The number of carboxylic acids is 1. The van der Waals surface area contributed by atoms with Crippen molar-refractivity contribution in [3.8, 4) is 11.5 Å². The highest BCUT2D eigenvalue weighted by Crippen LogP contribution is 2.23. The molecule has 8 heteroatoms. The van der Waals surface area contributed by atoms with Crippen molar-refractivity contribution in [3.63, 3.8) is 0 Å². The molecule has 0 radical (unpaired) electrons. The average Bonchev–Trinajstić information content (AvgIpc) is 3.05. The fourth-order valence-corrected chi connectivity index (χ4v) is 3.32. The fourth-order valence-electron chi connectivity index (χ4n) is 2.68. The van der Waals surface area contributed by atoms with E-state index in [-0.39, 0.29) is 25.4 Å². The molecule has 1 amide bonds. The summed E-state index contributed by atoms with van der Waals surface area (Å²) in [5, 5.41) is 12.1. The Labute approximate surface area is 162 Å². The minimum absolute atomic E-state index is 0.175. The number of aromatic nitrogens is 1. The summed E-state index contributed by atoms with van der Waals surface area (Å²) < 4.78 is 10.5. The number of aryl methyl sites for hydroxylation is 2. The maximum atomic E-state index is 12.6. The van der Waals surface area contributed by atoms with Crippen LogP contribution in [0.3, 0.4) is 0 Å². The molecule has 0 aliphatic heterocycles. The lowest BCUT2D eigenvalue weighted by atomic mass is 10.1. The number of benzene rings is 1. The lowest BCUT2D eigenvalue weighted by Crippen LogP contribution is -2.35. The Morgan fingerprint density at radius 2 is 1.85 bits per heavy atom. The summed E-state index contributed by atoms with van der Waals surface area (Å²) >= 11 is 1.58. The molecule has 0 unspecified atom stereocenters. The van der Waals surface area contributed by atoms with Gasteiger partial charge in [-0.15, -0.1) is 11.3 Å². The van der Waals surface area contributed by atoms with Gasteiger partial charge in [-0.3, -0.25) is 9.59 Å². The standard InChI is InChI=1S/C19H24N2O5S/c1-13-20-15(12-27-13)5-4-6-18(22)21(11-19(23)24)10-14-7-16(25-2)9-17(8-14)26-3/h7-9,12H,4-6,10-11H2,1-3H3,(H,23,24). The topological polar surface area (TPSA) is 89.0 Å². The van der Waals surface area contributed by atoms with Gasteiger partial charge in [0, 0.05) is 24.4 Å². The fraction of sp³-hybridized carbons (Fsp3) is 0.421. The first-order chi connectivity index (χ1) is 12.9. The van der Waals surface area contributed by atoms with Gasteiger partial charge in [0.2, 0.25) is 5.91 Å². The molecule has 0 saturated carbocycles. The summed E-state index contributed by atoms with van der Waals surface area (Å²) in [6.45, 7) is 1.76. The molecule has 0 bridgehead atoms. The van der Waals surface area contributed by atoms with Crippen molar-refractivity contribution in [2.75, 3.05) is 20.8 Å². The summed E-state index contributed by atoms with van der Waals surface area (Å²) in [6.07, 6.45) is 1.59. The van der Waals surface area contributed by atoms with Crippen LogP contribution in [-0.2, 0) is 22.6 Å². The number of carbonyl (C=O) groups excluding carboxylic acids is 1. The molecule has 27 heavy (non-hydrogen) atoms. The lowest BCUT2D eigenvalue weighted by molar-refractivity contribution is -0.144. The second-order valence-corrected chi connectivity index (χ2v) is 7.14. The van der Waals surface area contributed by atoms with Crippen LogP contribution in [0.2, 0.25) is 0 Å². The Balaban J connectivity index is 2.03. The molecule has 0 atom stereocenters. The van der Waals surface area contributed by atoms with Crippen LogP contribution in [0.15, 0.2) is 23.6 Å². The Morgan fingerprint density at radius 1 is 1.19 bits per heavy atom. The van der Waals surface area contributed by atoms with E-state index in [1.54, 1.807) is 43.8 Å². The van der Waals surface area contributed by atoms with Crippen LogP contribution in [0.4, 0.5) is 0 Å². The van der Waals surface area contributed by atoms with Crippen molar-refractivity contribution in [2.45, 2.75) is 32.7 Å². The van der Waals surface area contributed by atoms with Crippen molar-refractivity contribution < 1.29 is 24.2 Å². The van der Waals surface area contributed by atoms with E-state index in [4.69, 9.17) is 14.6 Å². The van der Waals surface area contributed by atoms with Crippen LogP contribution in [0.5, 0.6) is 11.5 Å². The van der Waals surface area contributed by atoms with Gasteiger partial charge in [0.25, 0.3) is 0 Å². The Hall–Kier alpha value is -2.61. The molecule has 0 aliphatic rings. The maximum absolute atomic E-state index is 12.6. The molecule has 0 aliphatic carbocycles. The molecule has 1 aromatic heterocycles. The molecule has 1 N–H and O–H groups in total. The van der Waals surface area contributed by atoms with E-state index in [0.717, 1.165) is 16.3 Å². The smallest absolute Gasteiger partial charge is 0.323 e. The van der Waals surface area contributed by atoms with Gasteiger partial charge >= 0.3 is 5.97 Å². The Morgan fingerprint density at radius 3 is 2.37 bits per heavy atom. The van der Waals surface area contributed by atoms with Crippen LogP contribution in [0, 0.1) is 6.92 Å². The lowest BCUT2D eigenvalue weighted by Gasteiger charge is -2.21. The largest absolute Gasteiger partial charge is 0.497 e. The molecular weight excluding hydrogens is 368 g/mol. The van der Waals surface area contributed by atoms with Crippen molar-refractivity contribution in [1.29, 1.82) is 0 Å². The van der Waals surface area contributed by atoms with Gasteiger partial charge < -0.3 is 19.5 Å². The van der Waals surface area contributed by atoms with Gasteiger partial charge in [-0.1, -0.05) is 0 Å². The monoisotopic (exact) mass is 392 g/mol. The van der Waals surface area contributed by atoms with Crippen LogP contribution >= 0.6 is 11.3 Å². The van der Waals surface area contributed by atoms with E-state index < -0.39 is 5.97 Å². The number of rotatable bonds is 10. The first-order valence-corrected chi connectivity index (χ1v) is 9.41. The van der Waals surface area contributed by atoms with E-state index in [9.17, 15) is 9.59 Å². The minimum Gasteiger partial charge on any atom is -0.497 e. The zero-order valence-corrected chi connectivity index (χ0v) is 16.5. The first kappa shape index (κ1) is 20.7. The number of aliphatic carboxylic acids is 1. The predicted molar refractivity (Wildman–Crippen MR) is 102 cm³/mol. The first-order valence-electron chi connectivity index (χ1n) is 8.53. The van der Waals surface area contributed by atoms with Gasteiger partial charge in [-0.05, 0) is 37.5 Å². The highest BCUT2D eigenvalue weighted by molar-refractivity contribution is 7.09. The quantitative estimate of drug-likeness (QED) is 0.669. The predicted octanol–water partition coefficient (Wildman–Crippen LogP) is 2.90. The SMILES string of the molecule is COc1cc(CN(CC(=O)O)C(=O)CCCc2csc(C)n2)cc(OC)c1. The van der Waals surface area contributed by atoms with Crippen LogP contribution < -0.4 is 9.47 Å². The number of carboxylic acid groups (broad SMARTS) is 1. The summed E-state index contributed by atoms with van der Waals surface area (Å²) in [4.78, 5) is 29.5. The highest BCUT2D eigenvalue weighted by atomic mass is 32.1. The minimum atomic E-state index is -1.05. The second-order valence-electron chi connectivity index (χ2n) is 6.08. The maximum Gasteiger partial charge on any atom is 0.323 e. The third kappa shape index (κ3) is 6.56. The number of nitrogens with zero attached hydrogens (tertiary/aromatic N) is 2. The molecule has 0 fully saturated rings. The zero-order valence-electron chi connectivity index (χ0n) is 15.7. The zero-order chi connectivity index (χ0) is 19.8. The van der Waals surface area contributed by atoms with Crippen molar-refractivity contribution >= 4 is 23.2 Å². The molecule has 2 aromatic rings. The third-order valence-corrected chi connectivity index (χ3v) is 4.78. The average molecular weight is 392 g/mol. The van der Waals surface area contributed by atoms with E-state index in [0.29, 0.717) is 24.3 Å². The van der Waals surface area contributed by atoms with Crippen LogP contribution in [0.1, 0.15) is 29.1 Å². The van der Waals surface area contributed by atoms with Gasteiger partial charge in [0.1, 0.15) is 18.0 Å². The summed E-state index contributed by atoms with van der Waals surface area (Å²) in [5.74, 6) is -0.0728. The molecule has 0 saturated heterocycles. The number of methoxy groups -OCH3 is 2. The van der Waals surface area contributed by atoms with E-state index in [1.165, 1.54) is 4.90 Å². The Bertz CT molecular complexity index is 768. The number of hydrogen-bond donors (Lipinski definition) is 1. The summed E-state index contributed by atoms with van der Waals surface area (Å²) in [7, 11) is 3.08. The molecule has 1 aromatic carbocycles. The summed E-state index contributed by atoms with van der Waals surface area (Å²) in [5.41, 5.74) is 1.71. The van der Waals surface area contributed by atoms with Crippen molar-refractivity contribution in [3.05, 3.63) is 39.8 Å². The third-order valence-electron chi connectivity index (χ3n) is 3.95. The van der Waals surface area contributed by atoms with Gasteiger partial charge in [-0.2, -0.15) is 0 Å². The number of hydrogen-bond acceptors (Lipinski definition) is 6. The molecule has 0 spiro atoms. The second kappa shape index (κ2) is 9.91.